The number of rotatable bonds is 14. The first-order valence-corrected chi connectivity index (χ1v) is 16.1. The molecule has 0 unspecified atom stereocenters. The third-order valence-electron chi connectivity index (χ3n) is 7.44. The van der Waals surface area contributed by atoms with Gasteiger partial charge in [-0.1, -0.05) is 78.9 Å². The van der Waals surface area contributed by atoms with Gasteiger partial charge in [-0.15, -0.1) is 0 Å². The fourth-order valence-electron chi connectivity index (χ4n) is 5.27. The van der Waals surface area contributed by atoms with E-state index in [-0.39, 0.29) is 30.1 Å². The van der Waals surface area contributed by atoms with E-state index in [2.05, 4.69) is 0 Å². The van der Waals surface area contributed by atoms with Crippen molar-refractivity contribution in [1.82, 2.24) is 4.57 Å². The lowest BCUT2D eigenvalue weighted by molar-refractivity contribution is -0.137. The summed E-state index contributed by atoms with van der Waals surface area (Å²) in [7, 11) is -3.50. The number of ether oxygens (including phenoxy) is 1. The van der Waals surface area contributed by atoms with Crippen molar-refractivity contribution >= 4 is 44.8 Å². The molecule has 0 saturated heterocycles. The van der Waals surface area contributed by atoms with Crippen LogP contribution in [-0.2, 0) is 44.8 Å². The highest BCUT2D eigenvalue weighted by atomic mass is 32.2. The Balaban J connectivity index is 1.29. The maximum Gasteiger partial charge on any atom is 0.307 e. The summed E-state index contributed by atoms with van der Waals surface area (Å²) in [5.41, 5.74) is 4.79. The molecule has 45 heavy (non-hydrogen) atoms. The van der Waals surface area contributed by atoms with Gasteiger partial charge >= 0.3 is 11.9 Å². The Labute approximate surface area is 261 Å². The number of hydrogen-bond acceptors (Lipinski definition) is 5. The average molecular weight is 624 g/mol. The number of carbonyl (C=O) groups is 2. The normalized spacial score (nSPS) is 11.6. The molecule has 9 heteroatoms. The van der Waals surface area contributed by atoms with Gasteiger partial charge in [-0.3, -0.25) is 9.59 Å². The zero-order valence-corrected chi connectivity index (χ0v) is 25.3. The molecule has 5 rings (SSSR count). The fourth-order valence-corrected chi connectivity index (χ4v) is 6.70. The van der Waals surface area contributed by atoms with E-state index in [0.717, 1.165) is 27.6 Å². The first-order chi connectivity index (χ1) is 21.7. The van der Waals surface area contributed by atoms with Gasteiger partial charge in [0.1, 0.15) is 12.4 Å². The predicted molar refractivity (Wildman–Crippen MR) is 174 cm³/mol. The lowest BCUT2D eigenvalue weighted by Crippen LogP contribution is -2.08. The minimum atomic E-state index is -3.50. The molecular weight excluding hydrogens is 590 g/mol. The monoisotopic (exact) mass is 623 g/mol. The summed E-state index contributed by atoms with van der Waals surface area (Å²) >= 11 is 0. The number of carboxylic acids is 2. The maximum atomic E-state index is 12.9. The van der Waals surface area contributed by atoms with E-state index in [1.807, 2.05) is 77.4 Å². The van der Waals surface area contributed by atoms with Crippen LogP contribution in [-0.4, -0.2) is 35.1 Å². The van der Waals surface area contributed by atoms with Gasteiger partial charge in [-0.05, 0) is 64.6 Å². The molecule has 0 atom stereocenters. The van der Waals surface area contributed by atoms with Crippen LogP contribution in [0.1, 0.15) is 40.7 Å². The third-order valence-corrected chi connectivity index (χ3v) is 9.13. The number of aliphatic carboxylic acids is 2. The molecule has 0 spiro atoms. The topological polar surface area (TPSA) is 123 Å². The maximum absolute atomic E-state index is 12.9. The molecular formula is C36H33NO7S. The van der Waals surface area contributed by atoms with Gasteiger partial charge < -0.3 is 19.5 Å². The highest BCUT2D eigenvalue weighted by molar-refractivity contribution is 7.90. The van der Waals surface area contributed by atoms with Crippen LogP contribution in [0.5, 0.6) is 5.75 Å². The SMILES string of the molecule is O=C(O)CCCn1cc(CC(=O)O)c2c(C=Cc3ccc(OCc4ccccc4CS(=O)(=O)c4ccccc4)cc3)cccc21. The molecule has 0 aliphatic carbocycles. The van der Waals surface area contributed by atoms with Crippen molar-refractivity contribution in [2.24, 2.45) is 0 Å². The highest BCUT2D eigenvalue weighted by Crippen LogP contribution is 2.28. The van der Waals surface area contributed by atoms with Gasteiger partial charge in [-0.25, -0.2) is 8.42 Å². The summed E-state index contributed by atoms with van der Waals surface area (Å²) < 4.78 is 33.8. The van der Waals surface area contributed by atoms with E-state index in [9.17, 15) is 23.1 Å². The molecule has 230 valence electrons. The van der Waals surface area contributed by atoms with E-state index >= 15 is 0 Å². The van der Waals surface area contributed by atoms with Crippen LogP contribution in [0.15, 0.2) is 108 Å². The van der Waals surface area contributed by atoms with Crippen molar-refractivity contribution in [1.29, 1.82) is 0 Å². The zero-order valence-electron chi connectivity index (χ0n) is 24.5. The van der Waals surface area contributed by atoms with E-state index in [0.29, 0.717) is 29.8 Å². The number of nitrogens with zero attached hydrogens (tertiary/aromatic N) is 1. The number of fused-ring (bicyclic) bond motifs is 1. The molecule has 0 amide bonds. The molecule has 0 saturated carbocycles. The second-order valence-corrected chi connectivity index (χ2v) is 12.7. The second kappa shape index (κ2) is 14.1. The molecule has 0 fully saturated rings. The summed E-state index contributed by atoms with van der Waals surface area (Å²) in [6.07, 6.45) is 6.03. The lowest BCUT2D eigenvalue weighted by Gasteiger charge is -2.12. The van der Waals surface area contributed by atoms with Gasteiger partial charge in [0, 0.05) is 30.1 Å². The van der Waals surface area contributed by atoms with Crippen LogP contribution in [0.25, 0.3) is 23.1 Å². The summed E-state index contributed by atoms with van der Waals surface area (Å²) in [6.45, 7) is 0.692. The Hall–Kier alpha value is -5.15. The van der Waals surface area contributed by atoms with Crippen LogP contribution < -0.4 is 4.74 Å². The molecule has 0 bridgehead atoms. The number of hydrogen-bond donors (Lipinski definition) is 2. The summed E-state index contributed by atoms with van der Waals surface area (Å²) in [4.78, 5) is 22.9. The van der Waals surface area contributed by atoms with Crippen LogP contribution in [0.2, 0.25) is 0 Å². The quantitative estimate of drug-likeness (QED) is 0.130. The first-order valence-electron chi connectivity index (χ1n) is 14.5. The molecule has 8 nitrogen and oxygen atoms in total. The van der Waals surface area contributed by atoms with Gasteiger partial charge in [-0.2, -0.15) is 0 Å². The molecule has 0 radical (unpaired) electrons. The van der Waals surface area contributed by atoms with Crippen LogP contribution in [0.4, 0.5) is 0 Å². The van der Waals surface area contributed by atoms with Crippen molar-refractivity contribution in [3.8, 4) is 5.75 Å². The van der Waals surface area contributed by atoms with Crippen molar-refractivity contribution in [2.45, 2.75) is 43.1 Å². The summed E-state index contributed by atoms with van der Waals surface area (Å²) in [6, 6.07) is 29.0. The zero-order chi connectivity index (χ0) is 31.8. The van der Waals surface area contributed by atoms with E-state index in [1.54, 1.807) is 42.6 Å². The van der Waals surface area contributed by atoms with Crippen molar-refractivity contribution in [3.63, 3.8) is 0 Å². The van der Waals surface area contributed by atoms with Gasteiger partial charge in [0.15, 0.2) is 9.84 Å². The molecule has 0 aliphatic heterocycles. The van der Waals surface area contributed by atoms with Crippen LogP contribution in [0.3, 0.4) is 0 Å². The number of benzene rings is 4. The Morgan fingerprint density at radius 2 is 1.47 bits per heavy atom. The Kier molecular flexibility index (Phi) is 9.79. The first kappa shape index (κ1) is 31.3. The van der Waals surface area contributed by atoms with E-state index in [4.69, 9.17) is 9.84 Å². The Morgan fingerprint density at radius 3 is 2.18 bits per heavy atom. The molecule has 1 heterocycles. The van der Waals surface area contributed by atoms with Crippen molar-refractivity contribution in [2.75, 3.05) is 0 Å². The van der Waals surface area contributed by atoms with Gasteiger partial charge in [0.2, 0.25) is 0 Å². The van der Waals surface area contributed by atoms with Gasteiger partial charge in [0.05, 0.1) is 17.1 Å². The minimum absolute atomic E-state index is 0.0376. The Bertz CT molecular complexity index is 1940. The number of aromatic nitrogens is 1. The fraction of sp³-hybridized carbons (Fsp3) is 0.167. The molecule has 4 aromatic carbocycles. The average Bonchev–Trinajstić information content (AvgIpc) is 3.37. The molecule has 2 N–H and O–H groups in total. The number of aryl methyl sites for hydroxylation is 1. The van der Waals surface area contributed by atoms with Crippen LogP contribution >= 0.6 is 0 Å². The molecule has 5 aromatic rings. The highest BCUT2D eigenvalue weighted by Gasteiger charge is 2.17. The second-order valence-electron chi connectivity index (χ2n) is 10.7. The van der Waals surface area contributed by atoms with E-state index in [1.165, 1.54) is 0 Å². The van der Waals surface area contributed by atoms with Gasteiger partial charge in [0.25, 0.3) is 0 Å². The smallest absolute Gasteiger partial charge is 0.307 e. The largest absolute Gasteiger partial charge is 0.489 e. The minimum Gasteiger partial charge on any atom is -0.489 e. The standard InChI is InChI=1S/C36H33NO7S/c38-34(39)14-7-21-37-23-30(22-35(40)41)36-27(10-6-13-33(36)37)18-15-26-16-19-31(20-17-26)44-24-28-8-4-5-9-29(28)25-45(42,43)32-11-2-1-3-12-32/h1-6,8-13,15-20,23H,7,14,21-22,24-25H2,(H,38,39)(H,40,41). The molecule has 0 aliphatic rings. The third kappa shape index (κ3) is 8.07. The summed E-state index contributed by atoms with van der Waals surface area (Å²) in [5.74, 6) is -1.28. The lowest BCUT2D eigenvalue weighted by atomic mass is 10.0. The van der Waals surface area contributed by atoms with Crippen LogP contribution in [0, 0.1) is 0 Å². The number of sulfone groups is 1. The van der Waals surface area contributed by atoms with E-state index < -0.39 is 21.8 Å². The molecule has 1 aromatic heterocycles. The Morgan fingerprint density at radius 1 is 0.756 bits per heavy atom. The summed E-state index contributed by atoms with van der Waals surface area (Å²) in [5, 5.41) is 19.3. The predicted octanol–water partition coefficient (Wildman–Crippen LogP) is 6.86. The number of carboxylic acid groups (broad SMARTS) is 2. The van der Waals surface area contributed by atoms with Crippen molar-refractivity contribution < 1.29 is 33.0 Å². The van der Waals surface area contributed by atoms with Crippen molar-refractivity contribution in [3.05, 3.63) is 131 Å².